The van der Waals surface area contributed by atoms with Crippen LogP contribution in [-0.4, -0.2) is 15.0 Å². The van der Waals surface area contributed by atoms with Gasteiger partial charge < -0.3 is 0 Å². The topological polar surface area (TPSA) is 46.2 Å². The summed E-state index contributed by atoms with van der Waals surface area (Å²) in [6, 6.07) is 13.1. The van der Waals surface area contributed by atoms with Crippen LogP contribution in [0.25, 0.3) is 10.8 Å². The Balaban J connectivity index is 2.11. The number of hydrogen-bond acceptors (Lipinski definition) is 2. The van der Waals surface area contributed by atoms with Gasteiger partial charge in [0, 0.05) is 6.54 Å². The zero-order chi connectivity index (χ0) is 16.0. The average Bonchev–Trinajstić information content (AvgIpc) is 2.54. The fourth-order valence-electron chi connectivity index (χ4n) is 2.59. The highest BCUT2D eigenvalue weighted by Crippen LogP contribution is 2.19. The molecule has 0 aliphatic carbocycles. The molecule has 4 heteroatoms. The molecular formula is C18H25NO2S. The number of nitrogens with one attached hydrogen (secondary N) is 1. The number of rotatable bonds is 8. The van der Waals surface area contributed by atoms with E-state index < -0.39 is 10.0 Å². The van der Waals surface area contributed by atoms with E-state index in [1.54, 1.807) is 12.1 Å². The van der Waals surface area contributed by atoms with Crippen LogP contribution >= 0.6 is 0 Å². The second-order valence-electron chi connectivity index (χ2n) is 5.78. The van der Waals surface area contributed by atoms with Crippen LogP contribution in [0.4, 0.5) is 0 Å². The summed E-state index contributed by atoms with van der Waals surface area (Å²) >= 11 is 0. The number of fused-ring (bicyclic) bond motifs is 1. The fourth-order valence-corrected chi connectivity index (χ4v) is 3.74. The van der Waals surface area contributed by atoms with Gasteiger partial charge in [-0.2, -0.15) is 0 Å². The van der Waals surface area contributed by atoms with Gasteiger partial charge in [-0.15, -0.1) is 0 Å². The van der Waals surface area contributed by atoms with E-state index in [4.69, 9.17) is 0 Å². The molecule has 0 aliphatic rings. The molecule has 120 valence electrons. The molecule has 22 heavy (non-hydrogen) atoms. The Morgan fingerprint density at radius 2 is 1.77 bits per heavy atom. The van der Waals surface area contributed by atoms with E-state index in [2.05, 4.69) is 18.6 Å². The number of unbranched alkanes of at least 4 members (excludes halogenated alkanes) is 1. The molecule has 2 rings (SSSR count). The third kappa shape index (κ3) is 4.31. The zero-order valence-corrected chi connectivity index (χ0v) is 14.2. The van der Waals surface area contributed by atoms with Gasteiger partial charge in [0.05, 0.1) is 4.90 Å². The quantitative estimate of drug-likeness (QED) is 0.787. The molecule has 1 unspecified atom stereocenters. The lowest BCUT2D eigenvalue weighted by Crippen LogP contribution is -2.29. The Kier molecular flexibility index (Phi) is 5.98. The van der Waals surface area contributed by atoms with Crippen LogP contribution in [0.1, 0.15) is 39.5 Å². The van der Waals surface area contributed by atoms with Crippen LogP contribution in [0.2, 0.25) is 0 Å². The molecule has 0 spiro atoms. The smallest absolute Gasteiger partial charge is 0.211 e. The van der Waals surface area contributed by atoms with Crippen molar-refractivity contribution >= 4 is 20.8 Å². The molecule has 0 saturated heterocycles. The monoisotopic (exact) mass is 319 g/mol. The largest absolute Gasteiger partial charge is 0.240 e. The van der Waals surface area contributed by atoms with Gasteiger partial charge in [0.15, 0.2) is 0 Å². The van der Waals surface area contributed by atoms with Crippen molar-refractivity contribution in [1.29, 1.82) is 0 Å². The van der Waals surface area contributed by atoms with Gasteiger partial charge in [0.1, 0.15) is 0 Å². The van der Waals surface area contributed by atoms with Crippen molar-refractivity contribution in [3.8, 4) is 0 Å². The van der Waals surface area contributed by atoms with Gasteiger partial charge in [0.25, 0.3) is 0 Å². The van der Waals surface area contributed by atoms with Gasteiger partial charge >= 0.3 is 0 Å². The molecule has 0 heterocycles. The minimum atomic E-state index is -3.43. The first kappa shape index (κ1) is 17.0. The van der Waals surface area contributed by atoms with Crippen LogP contribution in [-0.2, 0) is 10.0 Å². The molecule has 3 nitrogen and oxygen atoms in total. The lowest BCUT2D eigenvalue weighted by atomic mass is 10.00. The van der Waals surface area contributed by atoms with Gasteiger partial charge in [-0.3, -0.25) is 0 Å². The molecular weight excluding hydrogens is 294 g/mol. The lowest BCUT2D eigenvalue weighted by molar-refractivity contribution is 0.444. The standard InChI is InChI=1S/C18H25NO2S/c1-3-5-8-15(4-2)14-19-22(20,21)18-12-11-16-9-6-7-10-17(16)13-18/h6-7,9-13,15,19H,3-5,8,14H2,1-2H3. The Morgan fingerprint density at radius 1 is 1.05 bits per heavy atom. The molecule has 0 saturated carbocycles. The summed E-state index contributed by atoms with van der Waals surface area (Å²) in [6.45, 7) is 4.79. The van der Waals surface area contributed by atoms with E-state index in [0.717, 1.165) is 36.5 Å². The lowest BCUT2D eigenvalue weighted by Gasteiger charge is -2.15. The summed E-state index contributed by atoms with van der Waals surface area (Å²) in [5.74, 6) is 0.412. The molecule has 0 radical (unpaired) electrons. The maximum absolute atomic E-state index is 12.5. The summed E-state index contributed by atoms with van der Waals surface area (Å²) in [5.41, 5.74) is 0. The molecule has 0 amide bonds. The highest BCUT2D eigenvalue weighted by Gasteiger charge is 2.16. The maximum Gasteiger partial charge on any atom is 0.240 e. The van der Waals surface area contributed by atoms with Gasteiger partial charge in [-0.1, -0.05) is 63.4 Å². The number of hydrogen-bond donors (Lipinski definition) is 1. The van der Waals surface area contributed by atoms with Gasteiger partial charge in [-0.25, -0.2) is 13.1 Å². The Morgan fingerprint density at radius 3 is 2.45 bits per heavy atom. The third-order valence-electron chi connectivity index (χ3n) is 4.14. The van der Waals surface area contributed by atoms with Crippen molar-refractivity contribution in [2.45, 2.75) is 44.4 Å². The van der Waals surface area contributed by atoms with Gasteiger partial charge in [-0.05, 0) is 35.2 Å². The Bertz CT molecular complexity index is 710. The van der Waals surface area contributed by atoms with Crippen LogP contribution in [0, 0.1) is 5.92 Å². The summed E-state index contributed by atoms with van der Waals surface area (Å²) in [4.78, 5) is 0.344. The molecule has 1 atom stereocenters. The molecule has 2 aromatic carbocycles. The SMILES string of the molecule is CCCCC(CC)CNS(=O)(=O)c1ccc2ccccc2c1. The molecule has 2 aromatic rings. The highest BCUT2D eigenvalue weighted by atomic mass is 32.2. The van der Waals surface area contributed by atoms with Crippen molar-refractivity contribution in [2.75, 3.05) is 6.54 Å². The number of sulfonamides is 1. The predicted octanol–water partition coefficient (Wildman–Crippen LogP) is 4.33. The second kappa shape index (κ2) is 7.75. The molecule has 1 N–H and O–H groups in total. The molecule has 0 aliphatic heterocycles. The summed E-state index contributed by atoms with van der Waals surface area (Å²) in [5, 5.41) is 2.00. The minimum Gasteiger partial charge on any atom is -0.211 e. The summed E-state index contributed by atoms with van der Waals surface area (Å²) < 4.78 is 27.7. The van der Waals surface area contributed by atoms with E-state index in [0.29, 0.717) is 17.4 Å². The molecule has 0 bridgehead atoms. The first-order valence-electron chi connectivity index (χ1n) is 8.05. The van der Waals surface area contributed by atoms with E-state index in [1.807, 2.05) is 30.3 Å². The van der Waals surface area contributed by atoms with Crippen LogP contribution in [0.15, 0.2) is 47.4 Å². The molecule has 0 fully saturated rings. The fraction of sp³-hybridized carbons (Fsp3) is 0.444. The number of benzene rings is 2. The Labute approximate surface area is 133 Å². The molecule has 0 aromatic heterocycles. The van der Waals surface area contributed by atoms with E-state index >= 15 is 0 Å². The van der Waals surface area contributed by atoms with Crippen molar-refractivity contribution in [3.63, 3.8) is 0 Å². The van der Waals surface area contributed by atoms with Crippen LogP contribution < -0.4 is 4.72 Å². The minimum absolute atomic E-state index is 0.344. The van der Waals surface area contributed by atoms with Crippen molar-refractivity contribution in [3.05, 3.63) is 42.5 Å². The first-order chi connectivity index (χ1) is 10.6. The first-order valence-corrected chi connectivity index (χ1v) is 9.53. The summed E-state index contributed by atoms with van der Waals surface area (Å²) in [6.07, 6.45) is 4.37. The van der Waals surface area contributed by atoms with E-state index in [1.165, 1.54) is 0 Å². The van der Waals surface area contributed by atoms with E-state index in [-0.39, 0.29) is 0 Å². The summed E-state index contributed by atoms with van der Waals surface area (Å²) in [7, 11) is -3.43. The third-order valence-corrected chi connectivity index (χ3v) is 5.56. The normalized spacial score (nSPS) is 13.4. The predicted molar refractivity (Wildman–Crippen MR) is 92.4 cm³/mol. The second-order valence-corrected chi connectivity index (χ2v) is 7.54. The van der Waals surface area contributed by atoms with Crippen molar-refractivity contribution in [2.24, 2.45) is 5.92 Å². The van der Waals surface area contributed by atoms with Crippen LogP contribution in [0.3, 0.4) is 0 Å². The average molecular weight is 319 g/mol. The zero-order valence-electron chi connectivity index (χ0n) is 13.4. The van der Waals surface area contributed by atoms with Crippen molar-refractivity contribution < 1.29 is 8.42 Å². The van der Waals surface area contributed by atoms with Crippen molar-refractivity contribution in [1.82, 2.24) is 4.72 Å². The van der Waals surface area contributed by atoms with E-state index in [9.17, 15) is 8.42 Å². The maximum atomic E-state index is 12.5. The van der Waals surface area contributed by atoms with Gasteiger partial charge in [0.2, 0.25) is 10.0 Å². The highest BCUT2D eigenvalue weighted by molar-refractivity contribution is 7.89. The Hall–Kier alpha value is -1.39. The van der Waals surface area contributed by atoms with Crippen LogP contribution in [0.5, 0.6) is 0 Å².